The van der Waals surface area contributed by atoms with Crippen LogP contribution in [0.5, 0.6) is 11.5 Å². The first-order valence-electron chi connectivity index (χ1n) is 6.75. The molecule has 0 saturated carbocycles. The summed E-state index contributed by atoms with van der Waals surface area (Å²) in [6.45, 7) is 4.69. The summed E-state index contributed by atoms with van der Waals surface area (Å²) in [6, 6.07) is 7.44. The Balaban J connectivity index is 2.29. The molecule has 1 heterocycles. The van der Waals surface area contributed by atoms with Crippen LogP contribution in [0.25, 0.3) is 0 Å². The Kier molecular flexibility index (Phi) is 4.81. The van der Waals surface area contributed by atoms with Crippen LogP contribution < -0.4 is 20.1 Å². The van der Waals surface area contributed by atoms with Crippen LogP contribution in [0.3, 0.4) is 0 Å². The van der Waals surface area contributed by atoms with Crippen molar-refractivity contribution in [2.24, 2.45) is 0 Å². The molecule has 2 rings (SSSR count). The van der Waals surface area contributed by atoms with Crippen molar-refractivity contribution in [2.75, 3.05) is 31.4 Å². The Labute approximate surface area is 124 Å². The molecule has 21 heavy (non-hydrogen) atoms. The molecule has 0 spiro atoms. The van der Waals surface area contributed by atoms with Crippen LogP contribution in [0, 0.1) is 6.92 Å². The van der Waals surface area contributed by atoms with Gasteiger partial charge in [0, 0.05) is 18.7 Å². The third-order valence-electron chi connectivity index (χ3n) is 2.87. The summed E-state index contributed by atoms with van der Waals surface area (Å²) >= 11 is 0. The Morgan fingerprint density at radius 3 is 2.48 bits per heavy atom. The molecule has 0 radical (unpaired) electrons. The second kappa shape index (κ2) is 6.78. The highest BCUT2D eigenvalue weighted by atomic mass is 16.5. The molecule has 0 bridgehead atoms. The lowest BCUT2D eigenvalue weighted by molar-refractivity contribution is 0.395. The van der Waals surface area contributed by atoms with Gasteiger partial charge in [0.15, 0.2) is 0 Å². The number of aryl methyl sites for hydroxylation is 1. The fourth-order valence-corrected chi connectivity index (χ4v) is 1.94. The van der Waals surface area contributed by atoms with Crippen molar-refractivity contribution in [2.45, 2.75) is 13.8 Å². The highest BCUT2D eigenvalue weighted by Crippen LogP contribution is 2.31. The van der Waals surface area contributed by atoms with Crippen LogP contribution in [0.4, 0.5) is 17.3 Å². The van der Waals surface area contributed by atoms with Crippen molar-refractivity contribution in [3.8, 4) is 11.5 Å². The van der Waals surface area contributed by atoms with Crippen LogP contribution in [-0.2, 0) is 0 Å². The maximum Gasteiger partial charge on any atom is 0.146 e. The normalized spacial score (nSPS) is 10.1. The third-order valence-corrected chi connectivity index (χ3v) is 2.87. The van der Waals surface area contributed by atoms with E-state index in [9.17, 15) is 0 Å². The Morgan fingerprint density at radius 2 is 1.81 bits per heavy atom. The predicted molar refractivity (Wildman–Crippen MR) is 83.8 cm³/mol. The van der Waals surface area contributed by atoms with Crippen molar-refractivity contribution in [3.63, 3.8) is 0 Å². The molecular formula is C15H20N4O2. The molecule has 6 nitrogen and oxygen atoms in total. The maximum atomic E-state index is 5.37. The zero-order chi connectivity index (χ0) is 15.2. The minimum absolute atomic E-state index is 0.690. The minimum Gasteiger partial charge on any atom is -0.497 e. The van der Waals surface area contributed by atoms with E-state index < -0.39 is 0 Å². The average Bonchev–Trinajstić information content (AvgIpc) is 2.47. The van der Waals surface area contributed by atoms with Gasteiger partial charge in [0.05, 0.1) is 19.9 Å². The SMILES string of the molecule is CCNc1cc(Nc2ccc(OC)cc2OC)nc(C)n1. The van der Waals surface area contributed by atoms with Crippen molar-refractivity contribution in [3.05, 3.63) is 30.1 Å². The van der Waals surface area contributed by atoms with E-state index in [1.54, 1.807) is 14.2 Å². The average molecular weight is 288 g/mol. The second-order valence-electron chi connectivity index (χ2n) is 4.41. The number of nitrogens with zero attached hydrogens (tertiary/aromatic N) is 2. The third kappa shape index (κ3) is 3.75. The van der Waals surface area contributed by atoms with E-state index in [1.807, 2.05) is 38.1 Å². The summed E-state index contributed by atoms with van der Waals surface area (Å²) in [5, 5.41) is 6.42. The highest BCUT2D eigenvalue weighted by Gasteiger charge is 2.07. The molecule has 0 saturated heterocycles. The molecule has 0 aliphatic carbocycles. The standard InChI is InChI=1S/C15H20N4O2/c1-5-16-14-9-15(18-10(2)17-14)19-12-7-6-11(20-3)8-13(12)21-4/h6-9H,5H2,1-4H3,(H2,16,17,18,19). The summed E-state index contributed by atoms with van der Waals surface area (Å²) in [6.07, 6.45) is 0. The lowest BCUT2D eigenvalue weighted by Gasteiger charge is -2.13. The van der Waals surface area contributed by atoms with Crippen molar-refractivity contribution >= 4 is 17.3 Å². The van der Waals surface area contributed by atoms with Gasteiger partial charge in [-0.3, -0.25) is 0 Å². The number of nitrogens with one attached hydrogen (secondary N) is 2. The van der Waals surface area contributed by atoms with E-state index >= 15 is 0 Å². The van der Waals surface area contributed by atoms with E-state index in [4.69, 9.17) is 9.47 Å². The van der Waals surface area contributed by atoms with Gasteiger partial charge in [-0.2, -0.15) is 0 Å². The largest absolute Gasteiger partial charge is 0.497 e. The van der Waals surface area contributed by atoms with E-state index in [1.165, 1.54) is 0 Å². The number of hydrogen-bond acceptors (Lipinski definition) is 6. The van der Waals surface area contributed by atoms with Crippen LogP contribution in [0.1, 0.15) is 12.7 Å². The summed E-state index contributed by atoms with van der Waals surface area (Å²) in [7, 11) is 3.24. The molecule has 112 valence electrons. The van der Waals surface area contributed by atoms with Gasteiger partial charge in [0.2, 0.25) is 0 Å². The van der Waals surface area contributed by atoms with Crippen LogP contribution in [0.2, 0.25) is 0 Å². The minimum atomic E-state index is 0.690. The molecule has 2 N–H and O–H groups in total. The molecule has 1 aromatic carbocycles. The molecule has 0 aliphatic heterocycles. The molecule has 0 amide bonds. The van der Waals surface area contributed by atoms with Gasteiger partial charge in [-0.05, 0) is 26.0 Å². The first-order valence-corrected chi connectivity index (χ1v) is 6.75. The molecule has 6 heteroatoms. The van der Waals surface area contributed by atoms with Crippen molar-refractivity contribution < 1.29 is 9.47 Å². The van der Waals surface area contributed by atoms with Gasteiger partial charge in [-0.15, -0.1) is 0 Å². The van der Waals surface area contributed by atoms with E-state index in [0.717, 1.165) is 23.8 Å². The summed E-state index contributed by atoms with van der Waals surface area (Å²) < 4.78 is 10.6. The van der Waals surface area contributed by atoms with Gasteiger partial charge >= 0.3 is 0 Å². The first-order chi connectivity index (χ1) is 10.2. The number of rotatable bonds is 6. The molecule has 0 unspecified atom stereocenters. The van der Waals surface area contributed by atoms with Gasteiger partial charge in [-0.25, -0.2) is 9.97 Å². The zero-order valence-corrected chi connectivity index (χ0v) is 12.7. The topological polar surface area (TPSA) is 68.3 Å². The molecule has 2 aromatic rings. The summed E-state index contributed by atoms with van der Waals surface area (Å²) in [4.78, 5) is 8.70. The lowest BCUT2D eigenvalue weighted by Crippen LogP contribution is -2.04. The fraction of sp³-hybridized carbons (Fsp3) is 0.333. The van der Waals surface area contributed by atoms with Gasteiger partial charge in [0.1, 0.15) is 29.0 Å². The molecule has 0 atom stereocenters. The zero-order valence-electron chi connectivity index (χ0n) is 12.7. The maximum absolute atomic E-state index is 5.37. The number of methoxy groups -OCH3 is 2. The Morgan fingerprint density at radius 1 is 1.05 bits per heavy atom. The molecule has 1 aromatic heterocycles. The highest BCUT2D eigenvalue weighted by molar-refractivity contribution is 5.67. The Bertz CT molecular complexity index is 617. The van der Waals surface area contributed by atoms with E-state index in [0.29, 0.717) is 17.4 Å². The quantitative estimate of drug-likeness (QED) is 0.851. The van der Waals surface area contributed by atoms with Crippen LogP contribution in [0.15, 0.2) is 24.3 Å². The van der Waals surface area contributed by atoms with Crippen LogP contribution in [-0.4, -0.2) is 30.7 Å². The van der Waals surface area contributed by atoms with Gasteiger partial charge in [0.25, 0.3) is 0 Å². The van der Waals surface area contributed by atoms with Crippen LogP contribution >= 0.6 is 0 Å². The van der Waals surface area contributed by atoms with Gasteiger partial charge in [-0.1, -0.05) is 0 Å². The fourth-order valence-electron chi connectivity index (χ4n) is 1.94. The number of aromatic nitrogens is 2. The first kappa shape index (κ1) is 14.9. The monoisotopic (exact) mass is 288 g/mol. The number of hydrogen-bond donors (Lipinski definition) is 2. The van der Waals surface area contributed by atoms with Gasteiger partial charge < -0.3 is 20.1 Å². The summed E-state index contributed by atoms with van der Waals surface area (Å²) in [5.41, 5.74) is 0.818. The molecule has 0 aliphatic rings. The van der Waals surface area contributed by atoms with E-state index in [2.05, 4.69) is 20.6 Å². The molecular weight excluding hydrogens is 268 g/mol. The van der Waals surface area contributed by atoms with Crippen molar-refractivity contribution in [1.82, 2.24) is 9.97 Å². The van der Waals surface area contributed by atoms with Crippen molar-refractivity contribution in [1.29, 1.82) is 0 Å². The number of anilines is 3. The summed E-state index contributed by atoms with van der Waals surface area (Å²) in [5.74, 6) is 3.63. The van der Waals surface area contributed by atoms with E-state index in [-0.39, 0.29) is 0 Å². The smallest absolute Gasteiger partial charge is 0.146 e. The lowest BCUT2D eigenvalue weighted by atomic mass is 10.2. The number of ether oxygens (including phenoxy) is 2. The predicted octanol–water partition coefficient (Wildman–Crippen LogP) is 2.98. The molecule has 0 fully saturated rings. The Hall–Kier alpha value is -2.50. The number of benzene rings is 1. The second-order valence-corrected chi connectivity index (χ2v) is 4.41.